The topological polar surface area (TPSA) is 87.2 Å². The van der Waals surface area contributed by atoms with E-state index in [1.54, 1.807) is 24.3 Å². The van der Waals surface area contributed by atoms with Crippen molar-refractivity contribution in [3.8, 4) is 0 Å². The van der Waals surface area contributed by atoms with Crippen LogP contribution in [0, 0.1) is 0 Å². The number of rotatable bonds is 6. The van der Waals surface area contributed by atoms with E-state index in [0.29, 0.717) is 24.9 Å². The summed E-state index contributed by atoms with van der Waals surface area (Å²) in [7, 11) is 1.49. The van der Waals surface area contributed by atoms with Gasteiger partial charge in [-0.25, -0.2) is 9.59 Å². The summed E-state index contributed by atoms with van der Waals surface area (Å²) in [5, 5.41) is 9.44. The summed E-state index contributed by atoms with van der Waals surface area (Å²) in [5.41, 5.74) is 1.44. The van der Waals surface area contributed by atoms with E-state index >= 15 is 0 Å². The average molecular weight is 396 g/mol. The van der Waals surface area contributed by atoms with E-state index in [9.17, 15) is 19.5 Å². The van der Waals surface area contributed by atoms with Gasteiger partial charge < -0.3 is 14.7 Å². The Bertz CT molecular complexity index is 856. The van der Waals surface area contributed by atoms with Crippen LogP contribution in [0.4, 0.5) is 4.79 Å². The quantitative estimate of drug-likeness (QED) is 0.811. The van der Waals surface area contributed by atoms with E-state index < -0.39 is 30.1 Å². The summed E-state index contributed by atoms with van der Waals surface area (Å²) >= 11 is 0. The number of carbonyl (C=O) groups excluding carboxylic acids is 2. The van der Waals surface area contributed by atoms with Crippen LogP contribution >= 0.6 is 0 Å². The Balaban J connectivity index is 1.80. The summed E-state index contributed by atoms with van der Waals surface area (Å²) in [6.07, 6.45) is 0.374. The maximum absolute atomic E-state index is 13.3. The molecule has 2 aromatic rings. The van der Waals surface area contributed by atoms with Crippen molar-refractivity contribution >= 4 is 18.0 Å². The molecule has 7 heteroatoms. The van der Waals surface area contributed by atoms with Crippen LogP contribution in [-0.2, 0) is 20.9 Å². The number of aliphatic carboxylic acids is 1. The summed E-state index contributed by atoms with van der Waals surface area (Å²) < 4.78 is 5.38. The van der Waals surface area contributed by atoms with Crippen molar-refractivity contribution in [2.45, 2.75) is 31.5 Å². The van der Waals surface area contributed by atoms with Gasteiger partial charge in [-0.3, -0.25) is 9.69 Å². The Labute approximate surface area is 169 Å². The molecule has 29 heavy (non-hydrogen) atoms. The fraction of sp³-hybridized carbons (Fsp3) is 0.318. The number of carboxylic acid groups (broad SMARTS) is 1. The third-order valence-electron chi connectivity index (χ3n) is 5.05. The number of likely N-dealkylation sites (tertiary alicyclic amines) is 1. The van der Waals surface area contributed by atoms with E-state index in [1.807, 2.05) is 36.4 Å². The highest BCUT2D eigenvalue weighted by Crippen LogP contribution is 2.28. The second kappa shape index (κ2) is 9.23. The van der Waals surface area contributed by atoms with E-state index in [-0.39, 0.29) is 6.61 Å². The molecule has 2 atom stereocenters. The van der Waals surface area contributed by atoms with E-state index in [4.69, 9.17) is 4.74 Å². The normalized spacial score (nSPS) is 16.9. The van der Waals surface area contributed by atoms with Crippen molar-refractivity contribution in [3.05, 3.63) is 71.8 Å². The zero-order valence-electron chi connectivity index (χ0n) is 16.2. The molecule has 2 aromatic carbocycles. The Morgan fingerprint density at radius 2 is 1.72 bits per heavy atom. The number of carboxylic acids is 1. The van der Waals surface area contributed by atoms with Crippen molar-refractivity contribution in [2.75, 3.05) is 13.6 Å². The van der Waals surface area contributed by atoms with Gasteiger partial charge in [0.1, 0.15) is 18.7 Å². The predicted molar refractivity (Wildman–Crippen MR) is 106 cm³/mol. The Hall–Kier alpha value is -3.35. The number of benzene rings is 2. The monoisotopic (exact) mass is 396 g/mol. The highest BCUT2D eigenvalue weighted by atomic mass is 16.6. The second-order valence-corrected chi connectivity index (χ2v) is 6.99. The number of hydrogen-bond donors (Lipinski definition) is 1. The molecule has 3 rings (SSSR count). The van der Waals surface area contributed by atoms with Gasteiger partial charge in [-0.05, 0) is 24.0 Å². The molecule has 1 fully saturated rings. The van der Waals surface area contributed by atoms with Gasteiger partial charge in [0.2, 0.25) is 0 Å². The molecule has 0 bridgehead atoms. The number of ether oxygens (including phenoxy) is 1. The van der Waals surface area contributed by atoms with Gasteiger partial charge in [-0.2, -0.15) is 0 Å². The van der Waals surface area contributed by atoms with Gasteiger partial charge in [0.05, 0.1) is 0 Å². The van der Waals surface area contributed by atoms with Crippen LogP contribution < -0.4 is 0 Å². The molecule has 2 amide bonds. The maximum atomic E-state index is 13.3. The molecule has 1 N–H and O–H groups in total. The minimum absolute atomic E-state index is 0.0845. The van der Waals surface area contributed by atoms with Gasteiger partial charge >= 0.3 is 12.1 Å². The lowest BCUT2D eigenvalue weighted by Crippen LogP contribution is -2.47. The van der Waals surface area contributed by atoms with Crippen molar-refractivity contribution in [3.63, 3.8) is 0 Å². The number of hydrogen-bond acceptors (Lipinski definition) is 4. The predicted octanol–water partition coefficient (Wildman–Crippen LogP) is 3.07. The smallest absolute Gasteiger partial charge is 0.410 e. The summed E-state index contributed by atoms with van der Waals surface area (Å²) in [6.45, 7) is 0.438. The van der Waals surface area contributed by atoms with Crippen LogP contribution in [0.25, 0.3) is 0 Å². The highest BCUT2D eigenvalue weighted by Gasteiger charge is 2.40. The molecule has 7 nitrogen and oxygen atoms in total. The third kappa shape index (κ3) is 4.74. The first kappa shape index (κ1) is 20.4. The molecule has 1 aliphatic heterocycles. The maximum Gasteiger partial charge on any atom is 0.410 e. The Kier molecular flexibility index (Phi) is 6.49. The molecule has 1 heterocycles. The first-order valence-corrected chi connectivity index (χ1v) is 9.51. The zero-order chi connectivity index (χ0) is 20.8. The molecule has 0 saturated carbocycles. The van der Waals surface area contributed by atoms with Crippen LogP contribution in [-0.4, -0.2) is 52.5 Å². The van der Waals surface area contributed by atoms with Crippen LogP contribution in [0.15, 0.2) is 60.7 Å². The van der Waals surface area contributed by atoms with E-state index in [1.165, 1.54) is 16.8 Å². The van der Waals surface area contributed by atoms with Gasteiger partial charge in [-0.15, -0.1) is 0 Å². The first-order chi connectivity index (χ1) is 14.0. The van der Waals surface area contributed by atoms with Crippen LogP contribution in [0.1, 0.15) is 30.0 Å². The lowest BCUT2D eigenvalue weighted by atomic mass is 10.0. The lowest BCUT2D eigenvalue weighted by Gasteiger charge is -2.32. The van der Waals surface area contributed by atoms with Gasteiger partial charge in [-0.1, -0.05) is 60.7 Å². The summed E-state index contributed by atoms with van der Waals surface area (Å²) in [6, 6.07) is 16.3. The molecule has 0 aliphatic carbocycles. The molecule has 0 radical (unpaired) electrons. The molecule has 1 aliphatic rings. The Morgan fingerprint density at radius 1 is 1.10 bits per heavy atom. The van der Waals surface area contributed by atoms with E-state index in [2.05, 4.69) is 0 Å². The Morgan fingerprint density at radius 3 is 2.34 bits per heavy atom. The van der Waals surface area contributed by atoms with Crippen molar-refractivity contribution in [1.82, 2.24) is 9.80 Å². The van der Waals surface area contributed by atoms with Crippen LogP contribution in [0.5, 0.6) is 0 Å². The molecule has 152 valence electrons. The van der Waals surface area contributed by atoms with Crippen molar-refractivity contribution in [2.24, 2.45) is 0 Å². The highest BCUT2D eigenvalue weighted by molar-refractivity contribution is 5.90. The van der Waals surface area contributed by atoms with E-state index in [0.717, 1.165) is 5.56 Å². The van der Waals surface area contributed by atoms with Crippen molar-refractivity contribution < 1.29 is 24.2 Å². The minimum Gasteiger partial charge on any atom is -0.480 e. The third-order valence-corrected chi connectivity index (χ3v) is 5.05. The average Bonchev–Trinajstić information content (AvgIpc) is 3.24. The molecule has 0 unspecified atom stereocenters. The zero-order valence-corrected chi connectivity index (χ0v) is 16.2. The molecular formula is C22H24N2O5. The van der Waals surface area contributed by atoms with Gasteiger partial charge in [0.15, 0.2) is 0 Å². The number of carbonyl (C=O) groups is 3. The summed E-state index contributed by atoms with van der Waals surface area (Å²) in [5.74, 6) is -1.45. The standard InChI is InChI=1S/C22H24N2O5/c1-23(22(28)29-15-16-9-4-2-5-10-16)19(17-11-6-3-7-12-17)20(25)24-14-8-13-18(24)21(26)27/h2-7,9-12,18-19H,8,13-15H2,1H3,(H,26,27)/t18-,19+/m0/s1. The second-order valence-electron chi connectivity index (χ2n) is 6.99. The minimum atomic E-state index is -1.03. The summed E-state index contributed by atoms with van der Waals surface area (Å²) in [4.78, 5) is 40.1. The molecule has 0 spiro atoms. The largest absolute Gasteiger partial charge is 0.480 e. The number of likely N-dealkylation sites (N-methyl/N-ethyl adjacent to an activating group) is 1. The lowest BCUT2D eigenvalue weighted by molar-refractivity contribution is -0.150. The molecule has 1 saturated heterocycles. The van der Waals surface area contributed by atoms with Crippen LogP contribution in [0.3, 0.4) is 0 Å². The molecular weight excluding hydrogens is 372 g/mol. The fourth-order valence-corrected chi connectivity index (χ4v) is 3.54. The van der Waals surface area contributed by atoms with Gasteiger partial charge in [0.25, 0.3) is 5.91 Å². The fourth-order valence-electron chi connectivity index (χ4n) is 3.54. The number of nitrogens with zero attached hydrogens (tertiary/aromatic N) is 2. The first-order valence-electron chi connectivity index (χ1n) is 9.51. The number of amides is 2. The SMILES string of the molecule is CN(C(=O)OCc1ccccc1)[C@@H](C(=O)N1CCC[C@H]1C(=O)O)c1ccccc1. The van der Waals surface area contributed by atoms with Crippen LogP contribution in [0.2, 0.25) is 0 Å². The molecule has 0 aromatic heterocycles. The van der Waals surface area contributed by atoms with Crippen molar-refractivity contribution in [1.29, 1.82) is 0 Å². The van der Waals surface area contributed by atoms with Gasteiger partial charge in [0, 0.05) is 13.6 Å².